The molecule has 2 fully saturated rings. The van der Waals surface area contributed by atoms with E-state index in [1.165, 1.54) is 0 Å². The largest absolute Gasteiger partial charge is 0.507 e. The zero-order valence-electron chi connectivity index (χ0n) is 16.1. The number of anilines is 1. The molecule has 2 N–H and O–H groups in total. The third kappa shape index (κ3) is 2.73. The molecule has 2 aromatic heterocycles. The van der Waals surface area contributed by atoms with E-state index < -0.39 is 6.17 Å². The molecule has 29 heavy (non-hydrogen) atoms. The summed E-state index contributed by atoms with van der Waals surface area (Å²) in [7, 11) is 0. The fourth-order valence-electron chi connectivity index (χ4n) is 5.21. The van der Waals surface area contributed by atoms with Gasteiger partial charge in [-0.2, -0.15) is 0 Å². The predicted octanol–water partition coefficient (Wildman–Crippen LogP) is 3.36. The molecule has 150 valence electrons. The molecule has 0 saturated carbocycles. The minimum absolute atomic E-state index is 0.0263. The van der Waals surface area contributed by atoms with E-state index in [1.54, 1.807) is 17.4 Å². The van der Waals surface area contributed by atoms with Crippen LogP contribution < -0.4 is 10.2 Å². The lowest BCUT2D eigenvalue weighted by Gasteiger charge is -2.39. The van der Waals surface area contributed by atoms with Crippen molar-refractivity contribution in [1.29, 1.82) is 0 Å². The standard InChI is InChI=1S/C21H22FN5OS/c1-10-23-16-9-18(28)13(8-19(16)29-10)15-6-11-4-5-27(21(11)26-25-15)17-7-12-2-3-14(24-12)20(17)22/h6,8-9,12,14,17,20,24,28H,2-5,7H2,1H3/t12-,14+,17-,20+/m1/s1. The van der Waals surface area contributed by atoms with Gasteiger partial charge in [-0.1, -0.05) is 0 Å². The number of aromatic nitrogens is 3. The van der Waals surface area contributed by atoms with Crippen molar-refractivity contribution in [3.63, 3.8) is 0 Å². The molecule has 0 aliphatic carbocycles. The minimum Gasteiger partial charge on any atom is -0.507 e. The van der Waals surface area contributed by atoms with Crippen LogP contribution in [0, 0.1) is 6.92 Å². The quantitative estimate of drug-likeness (QED) is 0.674. The Morgan fingerprint density at radius 1 is 1.24 bits per heavy atom. The molecule has 0 unspecified atom stereocenters. The van der Waals surface area contributed by atoms with Crippen molar-refractivity contribution in [2.45, 2.75) is 56.9 Å². The van der Waals surface area contributed by atoms with Crippen LogP contribution in [0.4, 0.5) is 10.2 Å². The number of rotatable bonds is 2. The van der Waals surface area contributed by atoms with E-state index in [0.717, 1.165) is 58.8 Å². The van der Waals surface area contributed by atoms with Gasteiger partial charge in [-0.05, 0) is 44.7 Å². The zero-order chi connectivity index (χ0) is 19.7. The fourth-order valence-corrected chi connectivity index (χ4v) is 6.06. The number of hydrogen-bond acceptors (Lipinski definition) is 7. The van der Waals surface area contributed by atoms with Gasteiger partial charge in [0.2, 0.25) is 0 Å². The average molecular weight is 412 g/mol. The Kier molecular flexibility index (Phi) is 3.83. The van der Waals surface area contributed by atoms with Gasteiger partial charge in [-0.25, -0.2) is 9.37 Å². The van der Waals surface area contributed by atoms with Crippen LogP contribution in [0.1, 0.15) is 29.8 Å². The van der Waals surface area contributed by atoms with E-state index in [-0.39, 0.29) is 17.8 Å². The van der Waals surface area contributed by atoms with Gasteiger partial charge >= 0.3 is 0 Å². The Bertz CT molecular complexity index is 1120. The Morgan fingerprint density at radius 3 is 3.03 bits per heavy atom. The van der Waals surface area contributed by atoms with Gasteiger partial charge in [0.25, 0.3) is 0 Å². The van der Waals surface area contributed by atoms with Crippen molar-refractivity contribution in [3.8, 4) is 17.0 Å². The van der Waals surface area contributed by atoms with Gasteiger partial charge in [-0.15, -0.1) is 21.5 Å². The molecule has 6 nitrogen and oxygen atoms in total. The smallest absolute Gasteiger partial charge is 0.154 e. The van der Waals surface area contributed by atoms with Crippen LogP contribution >= 0.6 is 11.3 Å². The molecule has 3 aromatic rings. The van der Waals surface area contributed by atoms with Crippen molar-refractivity contribution in [3.05, 3.63) is 28.8 Å². The van der Waals surface area contributed by atoms with E-state index >= 15 is 4.39 Å². The van der Waals surface area contributed by atoms with E-state index in [0.29, 0.717) is 17.3 Å². The fraction of sp³-hybridized carbons (Fsp3) is 0.476. The summed E-state index contributed by atoms with van der Waals surface area (Å²) >= 11 is 1.59. The van der Waals surface area contributed by atoms with Gasteiger partial charge < -0.3 is 15.3 Å². The summed E-state index contributed by atoms with van der Waals surface area (Å²) in [6.07, 6.45) is 2.76. The molecular weight excluding hydrogens is 389 g/mol. The van der Waals surface area contributed by atoms with E-state index in [9.17, 15) is 5.11 Å². The Balaban J connectivity index is 1.35. The molecule has 2 bridgehead atoms. The zero-order valence-corrected chi connectivity index (χ0v) is 16.9. The Hall–Kier alpha value is -2.32. The van der Waals surface area contributed by atoms with Crippen LogP contribution in [-0.4, -0.2) is 51.1 Å². The number of fused-ring (bicyclic) bond motifs is 4. The molecule has 0 amide bonds. The number of benzene rings is 1. The van der Waals surface area contributed by atoms with Crippen LogP contribution in [0.15, 0.2) is 18.2 Å². The first-order valence-electron chi connectivity index (χ1n) is 10.2. The third-order valence-electron chi connectivity index (χ3n) is 6.59. The van der Waals surface area contributed by atoms with E-state index in [1.807, 2.05) is 19.1 Å². The maximum absolute atomic E-state index is 15.0. The first kappa shape index (κ1) is 17.5. The summed E-state index contributed by atoms with van der Waals surface area (Å²) in [5.74, 6) is 0.961. The van der Waals surface area contributed by atoms with Crippen LogP contribution in [-0.2, 0) is 6.42 Å². The van der Waals surface area contributed by atoms with Gasteiger partial charge in [0.05, 0.1) is 27.0 Å². The van der Waals surface area contributed by atoms with E-state index in [4.69, 9.17) is 0 Å². The summed E-state index contributed by atoms with van der Waals surface area (Å²) < 4.78 is 16.1. The topological polar surface area (TPSA) is 74.2 Å². The molecule has 5 heterocycles. The Labute approximate surface area is 171 Å². The van der Waals surface area contributed by atoms with Crippen molar-refractivity contribution >= 4 is 27.4 Å². The molecular formula is C21H22FN5OS. The van der Waals surface area contributed by atoms with Crippen molar-refractivity contribution in [2.75, 3.05) is 11.4 Å². The number of aryl methyl sites for hydroxylation is 1. The lowest BCUT2D eigenvalue weighted by Crippen LogP contribution is -2.56. The number of thiazole rings is 1. The first-order valence-corrected chi connectivity index (χ1v) is 11.0. The Morgan fingerprint density at radius 2 is 2.14 bits per heavy atom. The number of nitrogens with zero attached hydrogens (tertiary/aromatic N) is 4. The highest BCUT2D eigenvalue weighted by molar-refractivity contribution is 7.18. The maximum Gasteiger partial charge on any atom is 0.154 e. The molecule has 8 heteroatoms. The van der Waals surface area contributed by atoms with E-state index in [2.05, 4.69) is 25.4 Å². The minimum atomic E-state index is -0.873. The number of nitrogens with one attached hydrogen (secondary N) is 1. The van der Waals surface area contributed by atoms with Crippen molar-refractivity contribution in [2.24, 2.45) is 0 Å². The second-order valence-electron chi connectivity index (χ2n) is 8.39. The SMILES string of the molecule is Cc1nc2cc(O)c(-c3cc4c(nn3)N([C@@H]3C[C@H]5CC[C@H](N5)[C@@H]3F)CC4)cc2s1. The second kappa shape index (κ2) is 6.34. The predicted molar refractivity (Wildman–Crippen MR) is 111 cm³/mol. The number of alkyl halides is 1. The number of halogens is 1. The molecule has 2 saturated heterocycles. The van der Waals surface area contributed by atoms with Crippen LogP contribution in [0.25, 0.3) is 21.5 Å². The lowest BCUT2D eigenvalue weighted by atomic mass is 9.96. The third-order valence-corrected chi connectivity index (χ3v) is 7.52. The van der Waals surface area contributed by atoms with Gasteiger partial charge in [0, 0.05) is 35.8 Å². The van der Waals surface area contributed by atoms with Gasteiger partial charge in [0.15, 0.2) is 5.82 Å². The summed E-state index contributed by atoms with van der Waals surface area (Å²) in [5, 5.41) is 23.8. The molecule has 3 aliphatic rings. The van der Waals surface area contributed by atoms with Gasteiger partial charge in [-0.3, -0.25) is 0 Å². The normalized spacial score (nSPS) is 28.3. The molecule has 4 atom stereocenters. The number of phenols is 1. The van der Waals surface area contributed by atoms with Crippen LogP contribution in [0.3, 0.4) is 0 Å². The van der Waals surface area contributed by atoms with Crippen molar-refractivity contribution in [1.82, 2.24) is 20.5 Å². The number of phenolic OH excluding ortho intramolecular Hbond substituents is 1. The second-order valence-corrected chi connectivity index (χ2v) is 9.62. The summed E-state index contributed by atoms with van der Waals surface area (Å²) in [4.78, 5) is 6.55. The first-order chi connectivity index (χ1) is 14.1. The van der Waals surface area contributed by atoms with Crippen LogP contribution in [0.5, 0.6) is 5.75 Å². The lowest BCUT2D eigenvalue weighted by molar-refractivity contribution is 0.174. The highest BCUT2D eigenvalue weighted by atomic mass is 32.1. The summed E-state index contributed by atoms with van der Waals surface area (Å²) in [6, 6.07) is 5.88. The highest BCUT2D eigenvalue weighted by Crippen LogP contribution is 2.39. The van der Waals surface area contributed by atoms with Crippen LogP contribution in [0.2, 0.25) is 0 Å². The van der Waals surface area contributed by atoms with Crippen molar-refractivity contribution < 1.29 is 9.50 Å². The molecule has 6 rings (SSSR count). The number of piperidine rings is 1. The number of aromatic hydroxyl groups is 1. The van der Waals surface area contributed by atoms with Gasteiger partial charge in [0.1, 0.15) is 11.9 Å². The monoisotopic (exact) mass is 411 g/mol. The highest BCUT2D eigenvalue weighted by Gasteiger charge is 2.46. The summed E-state index contributed by atoms with van der Waals surface area (Å²) in [6.45, 7) is 2.73. The molecule has 0 spiro atoms. The molecule has 3 aliphatic heterocycles. The average Bonchev–Trinajstić information content (AvgIpc) is 3.40. The summed E-state index contributed by atoms with van der Waals surface area (Å²) in [5.41, 5.74) is 3.19. The molecule has 0 radical (unpaired) electrons. The maximum atomic E-state index is 15.0. The number of hydrogen-bond donors (Lipinski definition) is 2. The molecule has 1 aromatic carbocycles.